The molecule has 0 amide bonds. The molecule has 0 heterocycles. The van der Waals surface area contributed by atoms with Gasteiger partial charge in [-0.25, -0.2) is 4.79 Å². The molecule has 0 atom stereocenters. The molecule has 1 fully saturated rings. The SMILES string of the molecule is O=C(O)/C(Cl)=N\NC1CC1. The number of carboxylic acid groups (broad SMARTS) is 1. The summed E-state index contributed by atoms with van der Waals surface area (Å²) in [6, 6.07) is 0.341. The van der Waals surface area contributed by atoms with Crippen molar-refractivity contribution in [2.75, 3.05) is 0 Å². The first-order valence-electron chi connectivity index (χ1n) is 2.92. The largest absolute Gasteiger partial charge is 0.476 e. The van der Waals surface area contributed by atoms with Crippen LogP contribution in [0.4, 0.5) is 0 Å². The van der Waals surface area contributed by atoms with Crippen LogP contribution in [-0.4, -0.2) is 22.3 Å². The van der Waals surface area contributed by atoms with Gasteiger partial charge >= 0.3 is 5.97 Å². The average Bonchev–Trinajstić information content (AvgIpc) is 2.64. The highest BCUT2D eigenvalue weighted by Crippen LogP contribution is 2.18. The first kappa shape index (κ1) is 7.34. The zero-order chi connectivity index (χ0) is 7.56. The number of nitrogens with zero attached hydrogens (tertiary/aromatic N) is 1. The monoisotopic (exact) mass is 162 g/mol. The van der Waals surface area contributed by atoms with Crippen molar-refractivity contribution < 1.29 is 9.90 Å². The van der Waals surface area contributed by atoms with Crippen LogP contribution in [0.5, 0.6) is 0 Å². The molecule has 0 aromatic carbocycles. The molecule has 0 aromatic rings. The highest BCUT2D eigenvalue weighted by molar-refractivity contribution is 6.81. The van der Waals surface area contributed by atoms with E-state index in [2.05, 4.69) is 10.5 Å². The number of hydrazone groups is 1. The molecule has 0 spiro atoms. The van der Waals surface area contributed by atoms with E-state index in [0.29, 0.717) is 6.04 Å². The van der Waals surface area contributed by atoms with Crippen molar-refractivity contribution in [1.82, 2.24) is 5.43 Å². The van der Waals surface area contributed by atoms with E-state index in [9.17, 15) is 4.79 Å². The van der Waals surface area contributed by atoms with Gasteiger partial charge in [0.05, 0.1) is 0 Å². The van der Waals surface area contributed by atoms with Crippen molar-refractivity contribution in [3.63, 3.8) is 0 Å². The summed E-state index contributed by atoms with van der Waals surface area (Å²) in [6.45, 7) is 0. The van der Waals surface area contributed by atoms with Gasteiger partial charge in [-0.05, 0) is 12.8 Å². The second-order valence-corrected chi connectivity index (χ2v) is 2.47. The van der Waals surface area contributed by atoms with Gasteiger partial charge in [-0.15, -0.1) is 0 Å². The maximum absolute atomic E-state index is 10.0. The highest BCUT2D eigenvalue weighted by Gasteiger charge is 2.20. The molecule has 0 aliphatic heterocycles. The Morgan fingerprint density at radius 2 is 2.30 bits per heavy atom. The fraction of sp³-hybridized carbons (Fsp3) is 0.600. The third-order valence-corrected chi connectivity index (χ3v) is 1.35. The predicted molar refractivity (Wildman–Crippen MR) is 37.1 cm³/mol. The molecule has 10 heavy (non-hydrogen) atoms. The van der Waals surface area contributed by atoms with E-state index in [1.165, 1.54) is 0 Å². The Labute approximate surface area is 62.9 Å². The molecule has 56 valence electrons. The van der Waals surface area contributed by atoms with Crippen molar-refractivity contribution in [1.29, 1.82) is 0 Å². The van der Waals surface area contributed by atoms with Crippen molar-refractivity contribution in [3.05, 3.63) is 0 Å². The lowest BCUT2D eigenvalue weighted by molar-refractivity contribution is -0.129. The van der Waals surface area contributed by atoms with Crippen LogP contribution in [0.3, 0.4) is 0 Å². The van der Waals surface area contributed by atoms with E-state index >= 15 is 0 Å². The Balaban J connectivity index is 2.29. The summed E-state index contributed by atoms with van der Waals surface area (Å²) in [5.74, 6) is -1.20. The Kier molecular flexibility index (Phi) is 2.11. The standard InChI is InChI=1S/C5H7ClN2O2/c6-4(5(9)10)8-7-3-1-2-3/h3,7H,1-2H2,(H,9,10)/b8-4+. The molecular formula is C5H7ClN2O2. The summed E-state index contributed by atoms with van der Waals surface area (Å²) in [4.78, 5) is 10.0. The number of carbonyl (C=O) groups is 1. The first-order valence-corrected chi connectivity index (χ1v) is 3.30. The summed E-state index contributed by atoms with van der Waals surface area (Å²) in [5.41, 5.74) is 2.61. The molecule has 1 rings (SSSR count). The summed E-state index contributed by atoms with van der Waals surface area (Å²) < 4.78 is 0. The lowest BCUT2D eigenvalue weighted by Crippen LogP contribution is -2.14. The molecule has 2 N–H and O–H groups in total. The van der Waals surface area contributed by atoms with Crippen molar-refractivity contribution in [2.24, 2.45) is 5.10 Å². The van der Waals surface area contributed by atoms with Crippen molar-refractivity contribution >= 4 is 22.7 Å². The third kappa shape index (κ3) is 2.23. The number of hydrogen-bond donors (Lipinski definition) is 2. The van der Waals surface area contributed by atoms with Crippen molar-refractivity contribution in [3.8, 4) is 0 Å². The molecule has 0 bridgehead atoms. The minimum atomic E-state index is -1.20. The molecule has 5 heteroatoms. The second kappa shape index (κ2) is 2.88. The Morgan fingerprint density at radius 3 is 2.70 bits per heavy atom. The molecule has 4 nitrogen and oxygen atoms in total. The van der Waals surface area contributed by atoms with Crippen LogP contribution in [-0.2, 0) is 4.79 Å². The van der Waals surface area contributed by atoms with E-state index in [4.69, 9.17) is 16.7 Å². The topological polar surface area (TPSA) is 61.7 Å². The van der Waals surface area contributed by atoms with Gasteiger partial charge in [0.1, 0.15) is 0 Å². The van der Waals surface area contributed by atoms with E-state index < -0.39 is 11.1 Å². The number of carboxylic acids is 1. The fourth-order valence-corrected chi connectivity index (χ4v) is 0.457. The maximum Gasteiger partial charge on any atom is 0.368 e. The van der Waals surface area contributed by atoms with Gasteiger partial charge in [-0.1, -0.05) is 11.6 Å². The molecule has 0 aromatic heterocycles. The lowest BCUT2D eigenvalue weighted by Gasteiger charge is -1.93. The minimum Gasteiger partial charge on any atom is -0.476 e. The molecule has 0 radical (unpaired) electrons. The number of rotatable bonds is 3. The molecule has 0 saturated heterocycles. The van der Waals surface area contributed by atoms with Gasteiger partial charge < -0.3 is 10.5 Å². The smallest absolute Gasteiger partial charge is 0.368 e. The summed E-state index contributed by atoms with van der Waals surface area (Å²) in [7, 11) is 0. The summed E-state index contributed by atoms with van der Waals surface area (Å²) in [6.07, 6.45) is 2.10. The van der Waals surface area contributed by atoms with Crippen LogP contribution in [0, 0.1) is 0 Å². The third-order valence-electron chi connectivity index (χ3n) is 1.10. The second-order valence-electron chi connectivity index (χ2n) is 2.11. The van der Waals surface area contributed by atoms with Crippen molar-refractivity contribution in [2.45, 2.75) is 18.9 Å². The van der Waals surface area contributed by atoms with Gasteiger partial charge in [0, 0.05) is 6.04 Å². The van der Waals surface area contributed by atoms with E-state index in [1.54, 1.807) is 0 Å². The van der Waals surface area contributed by atoms with Crippen LogP contribution < -0.4 is 5.43 Å². The number of nitrogens with one attached hydrogen (secondary N) is 1. The van der Waals surface area contributed by atoms with Crippen LogP contribution in [0.2, 0.25) is 0 Å². The van der Waals surface area contributed by atoms with E-state index in [-0.39, 0.29) is 0 Å². The van der Waals surface area contributed by atoms with E-state index in [1.807, 2.05) is 0 Å². The van der Waals surface area contributed by atoms with Gasteiger partial charge in [0.25, 0.3) is 0 Å². The van der Waals surface area contributed by atoms with Crippen LogP contribution in [0.25, 0.3) is 0 Å². The zero-order valence-corrected chi connectivity index (χ0v) is 5.93. The van der Waals surface area contributed by atoms with E-state index in [0.717, 1.165) is 12.8 Å². The highest BCUT2D eigenvalue weighted by atomic mass is 35.5. The zero-order valence-electron chi connectivity index (χ0n) is 5.17. The first-order chi connectivity index (χ1) is 4.70. The fourth-order valence-electron chi connectivity index (χ4n) is 0.408. The van der Waals surface area contributed by atoms with Crippen LogP contribution in [0.15, 0.2) is 5.10 Å². The number of aliphatic carboxylic acids is 1. The lowest BCUT2D eigenvalue weighted by atomic mass is 10.7. The Hall–Kier alpha value is -0.770. The van der Waals surface area contributed by atoms with Gasteiger partial charge in [0.15, 0.2) is 0 Å². The quantitative estimate of drug-likeness (QED) is 0.466. The summed E-state index contributed by atoms with van der Waals surface area (Å²) >= 11 is 5.18. The normalized spacial score (nSPS) is 18.7. The number of halogens is 1. The molecule has 0 unspecified atom stereocenters. The predicted octanol–water partition coefficient (Wildman–Crippen LogP) is 0.375. The Bertz CT molecular complexity index is 176. The Morgan fingerprint density at radius 1 is 1.70 bits per heavy atom. The van der Waals surface area contributed by atoms with Crippen LogP contribution >= 0.6 is 11.6 Å². The summed E-state index contributed by atoms with van der Waals surface area (Å²) in [5, 5.41) is 11.2. The molecule has 1 aliphatic rings. The van der Waals surface area contributed by atoms with Crippen LogP contribution in [0.1, 0.15) is 12.8 Å². The molecule has 1 aliphatic carbocycles. The maximum atomic E-state index is 10.0. The van der Waals surface area contributed by atoms with Gasteiger partial charge in [-0.2, -0.15) is 5.10 Å². The molecular weight excluding hydrogens is 156 g/mol. The number of hydrogen-bond acceptors (Lipinski definition) is 3. The average molecular weight is 163 g/mol. The van der Waals surface area contributed by atoms with Gasteiger partial charge in [-0.3, -0.25) is 0 Å². The molecule has 1 saturated carbocycles. The minimum absolute atomic E-state index is 0.341. The van der Waals surface area contributed by atoms with Gasteiger partial charge in [0.2, 0.25) is 5.17 Å².